The standard InChI is InChI=1S/C5H8N2.ClH.FHO3S/c1-7-4-2-3-6-5-7;;1-5(2,3)4/h2-3,5H,4H2,1H3;1H;(H,2,3,4)/p-1. The summed E-state index contributed by atoms with van der Waals surface area (Å²) >= 11 is 0. The van der Waals surface area contributed by atoms with E-state index in [4.69, 9.17) is 13.0 Å². The lowest BCUT2D eigenvalue weighted by Gasteiger charge is -2.02. The Morgan fingerprint density at radius 2 is 2.08 bits per heavy atom. The highest BCUT2D eigenvalue weighted by molar-refractivity contribution is 7.80. The molecule has 0 fully saturated rings. The number of nitrogens with one attached hydrogen (secondary N) is 1. The molecule has 0 bridgehead atoms. The Hall–Kier alpha value is -0.660. The predicted molar refractivity (Wildman–Crippen MR) is 39.6 cm³/mol. The minimum atomic E-state index is -5.42. The molecule has 13 heavy (non-hydrogen) atoms. The maximum Gasteiger partial charge on any atom is 0.255 e. The van der Waals surface area contributed by atoms with Crippen LogP contribution in [0.15, 0.2) is 12.3 Å². The van der Waals surface area contributed by atoms with Crippen LogP contribution in [0.5, 0.6) is 0 Å². The van der Waals surface area contributed by atoms with Gasteiger partial charge >= 0.3 is 0 Å². The van der Waals surface area contributed by atoms with Gasteiger partial charge in [-0.25, -0.2) is 8.42 Å². The molecule has 0 spiro atoms. The molecule has 0 aromatic heterocycles. The van der Waals surface area contributed by atoms with Crippen LogP contribution in [0.4, 0.5) is 3.89 Å². The van der Waals surface area contributed by atoms with Gasteiger partial charge in [-0.1, -0.05) is 0 Å². The summed E-state index contributed by atoms with van der Waals surface area (Å²) in [5.74, 6) is 0. The Kier molecular flexibility index (Phi) is 7.78. The third-order valence-electron chi connectivity index (χ3n) is 0.902. The smallest absolute Gasteiger partial charge is 0.255 e. The molecule has 1 aliphatic rings. The van der Waals surface area contributed by atoms with Crippen molar-refractivity contribution in [3.63, 3.8) is 0 Å². The molecule has 0 radical (unpaired) electrons. The fourth-order valence-electron chi connectivity index (χ4n) is 0.510. The first kappa shape index (κ1) is 14.8. The minimum Gasteiger partial charge on any atom is -1.00 e. The van der Waals surface area contributed by atoms with Gasteiger partial charge in [0.2, 0.25) is 6.34 Å². The second kappa shape index (κ2) is 6.81. The number of nitrogens with zero attached hydrogens (tertiary/aromatic N) is 1. The minimum absolute atomic E-state index is 0. The summed E-state index contributed by atoms with van der Waals surface area (Å²) < 4.78 is 35.3. The van der Waals surface area contributed by atoms with Crippen LogP contribution >= 0.6 is 0 Å². The molecule has 0 atom stereocenters. The molecule has 0 saturated carbocycles. The fraction of sp³-hybridized carbons (Fsp3) is 0.400. The summed E-state index contributed by atoms with van der Waals surface area (Å²) in [6.45, 7) is 1.02. The van der Waals surface area contributed by atoms with E-state index in [0.717, 1.165) is 6.54 Å². The van der Waals surface area contributed by atoms with Crippen LogP contribution in [-0.2, 0) is 10.5 Å². The van der Waals surface area contributed by atoms with E-state index in [0.29, 0.717) is 0 Å². The average Bonchev–Trinajstić information content (AvgIpc) is 1.85. The Morgan fingerprint density at radius 3 is 2.23 bits per heavy atom. The molecule has 1 aliphatic heterocycles. The van der Waals surface area contributed by atoms with Gasteiger partial charge in [-0.05, 0) is 6.08 Å². The molecule has 0 unspecified atom stereocenters. The first-order valence-electron chi connectivity index (χ1n) is 2.99. The van der Waals surface area contributed by atoms with Gasteiger partial charge in [-0.3, -0.25) is 9.89 Å². The summed E-state index contributed by atoms with van der Waals surface area (Å²) in [6, 6.07) is 0. The van der Waals surface area contributed by atoms with E-state index in [2.05, 4.69) is 16.0 Å². The second-order valence-electron chi connectivity index (χ2n) is 2.03. The summed E-state index contributed by atoms with van der Waals surface area (Å²) in [5, 5.41) is 0. The predicted octanol–water partition coefficient (Wildman–Crippen LogP) is -5.03. The highest BCUT2D eigenvalue weighted by Gasteiger charge is 1.95. The zero-order valence-corrected chi connectivity index (χ0v) is 8.35. The second-order valence-corrected chi connectivity index (χ2v) is 2.82. The van der Waals surface area contributed by atoms with Crippen LogP contribution in [-0.4, -0.2) is 37.8 Å². The molecular weight excluding hydrogens is 223 g/mol. The number of likely N-dealkylation sites (N-methyl/N-ethyl adjacent to an activating group) is 1. The molecule has 1 heterocycles. The van der Waals surface area contributed by atoms with E-state index < -0.39 is 10.5 Å². The first-order chi connectivity index (χ1) is 5.39. The van der Waals surface area contributed by atoms with Gasteiger partial charge in [0.05, 0.1) is 13.2 Å². The quantitative estimate of drug-likeness (QED) is 0.335. The largest absolute Gasteiger partial charge is 1.00 e. The molecule has 1 rings (SSSR count). The van der Waals surface area contributed by atoms with Gasteiger partial charge in [0, 0.05) is 0 Å². The number of rotatable bonds is 0. The van der Waals surface area contributed by atoms with Crippen molar-refractivity contribution in [2.75, 3.05) is 13.6 Å². The van der Waals surface area contributed by atoms with E-state index >= 15 is 0 Å². The van der Waals surface area contributed by atoms with Gasteiger partial charge in [-0.2, -0.15) is 0 Å². The number of halogens is 2. The number of hydrogen-bond donors (Lipinski definition) is 1. The zero-order chi connectivity index (χ0) is 9.61. The highest BCUT2D eigenvalue weighted by Crippen LogP contribution is 1.74. The van der Waals surface area contributed by atoms with Crippen molar-refractivity contribution in [3.8, 4) is 0 Å². The highest BCUT2D eigenvalue weighted by atomic mass is 35.5. The van der Waals surface area contributed by atoms with E-state index in [1.165, 1.54) is 0 Å². The van der Waals surface area contributed by atoms with Crippen LogP contribution in [0.3, 0.4) is 0 Å². The molecule has 8 heteroatoms. The third kappa shape index (κ3) is 18.4. The van der Waals surface area contributed by atoms with Crippen molar-refractivity contribution in [1.29, 1.82) is 0 Å². The summed E-state index contributed by atoms with van der Waals surface area (Å²) in [7, 11) is -3.39. The van der Waals surface area contributed by atoms with Crippen LogP contribution < -0.4 is 17.4 Å². The van der Waals surface area contributed by atoms with Gasteiger partial charge in [-0.15, -0.1) is 3.89 Å². The van der Waals surface area contributed by atoms with Crippen LogP contribution in [0.25, 0.3) is 0 Å². The van der Waals surface area contributed by atoms with E-state index in [1.54, 1.807) is 0 Å². The molecule has 78 valence electrons. The summed E-state index contributed by atoms with van der Waals surface area (Å²) in [6.07, 6.45) is 5.93. The van der Waals surface area contributed by atoms with Crippen molar-refractivity contribution in [1.82, 2.24) is 4.90 Å². The van der Waals surface area contributed by atoms with Gasteiger partial charge < -0.3 is 17.0 Å². The van der Waals surface area contributed by atoms with Crippen LogP contribution in [0.2, 0.25) is 0 Å². The zero-order valence-electron chi connectivity index (χ0n) is 6.78. The normalized spacial score (nSPS) is 14.2. The van der Waals surface area contributed by atoms with E-state index in [9.17, 15) is 3.89 Å². The number of hydrogen-bond acceptors (Lipinski definition) is 4. The van der Waals surface area contributed by atoms with Gasteiger partial charge in [0.25, 0.3) is 10.5 Å². The van der Waals surface area contributed by atoms with Crippen molar-refractivity contribution in [2.45, 2.75) is 0 Å². The summed E-state index contributed by atoms with van der Waals surface area (Å²) in [4.78, 5) is 5.02. The van der Waals surface area contributed by atoms with Crippen LogP contribution in [0.1, 0.15) is 0 Å². The van der Waals surface area contributed by atoms with E-state index in [1.807, 2.05) is 19.6 Å². The Bertz CT molecular complexity index is 270. The van der Waals surface area contributed by atoms with Crippen molar-refractivity contribution >= 4 is 16.8 Å². The Labute approximate surface area is 82.4 Å². The molecule has 0 aromatic rings. The van der Waals surface area contributed by atoms with Crippen LogP contribution in [0, 0.1) is 0 Å². The lowest BCUT2D eigenvalue weighted by atomic mass is 10.5. The van der Waals surface area contributed by atoms with E-state index in [-0.39, 0.29) is 12.4 Å². The molecule has 0 saturated heterocycles. The lowest BCUT2D eigenvalue weighted by Crippen LogP contribution is -3.00. The maximum absolute atomic E-state index is 10.1. The molecule has 0 aromatic carbocycles. The summed E-state index contributed by atoms with van der Waals surface area (Å²) in [5.41, 5.74) is 0. The molecule has 0 aliphatic carbocycles. The van der Waals surface area contributed by atoms with Gasteiger partial charge in [0.15, 0.2) is 0 Å². The lowest BCUT2D eigenvalue weighted by molar-refractivity contribution is -0.376. The molecular formula is C5H9ClFN2O3S-. The molecule has 0 amide bonds. The maximum atomic E-state index is 10.1. The Morgan fingerprint density at radius 1 is 1.62 bits per heavy atom. The SMILES string of the molecule is CN1C=[NH+]C=CC1.O=S(=O)([O-])F.[Cl-]. The van der Waals surface area contributed by atoms with Crippen molar-refractivity contribution < 1.29 is 34.3 Å². The molecule has 1 N–H and O–H groups in total. The topological polar surface area (TPSA) is 74.4 Å². The monoisotopic (exact) mass is 231 g/mol. The first-order valence-corrected chi connectivity index (χ1v) is 4.30. The fourth-order valence-corrected chi connectivity index (χ4v) is 0.510. The average molecular weight is 232 g/mol. The Balaban J connectivity index is 0. The van der Waals surface area contributed by atoms with Crippen molar-refractivity contribution in [3.05, 3.63) is 12.3 Å². The third-order valence-corrected chi connectivity index (χ3v) is 0.902. The van der Waals surface area contributed by atoms with Gasteiger partial charge in [0.1, 0.15) is 6.54 Å². The molecule has 5 nitrogen and oxygen atoms in total. The van der Waals surface area contributed by atoms with Crippen molar-refractivity contribution in [2.24, 2.45) is 0 Å².